The maximum Gasteiger partial charge on any atom is 0.325 e. The lowest BCUT2D eigenvalue weighted by atomic mass is 10.5. The summed E-state index contributed by atoms with van der Waals surface area (Å²) in [4.78, 5) is 19.0. The maximum atomic E-state index is 11.6. The van der Waals surface area contributed by atoms with Gasteiger partial charge in [-0.1, -0.05) is 0 Å². The molecule has 0 atom stereocenters. The van der Waals surface area contributed by atoms with Gasteiger partial charge in [0.2, 0.25) is 0 Å². The molecule has 5 heteroatoms. The zero-order chi connectivity index (χ0) is 9.42. The molecule has 0 aliphatic carbocycles. The quantitative estimate of drug-likeness (QED) is 0.623. The van der Waals surface area contributed by atoms with Crippen molar-refractivity contribution in [1.29, 1.82) is 0 Å². The number of hydrogen-bond donors (Lipinski definition) is 0. The number of anilines is 1. The number of urea groups is 1. The van der Waals surface area contributed by atoms with E-state index in [1.54, 1.807) is 29.4 Å². The van der Waals surface area contributed by atoms with Crippen molar-refractivity contribution in [3.63, 3.8) is 0 Å². The van der Waals surface area contributed by atoms with Crippen LogP contribution in [0.1, 0.15) is 0 Å². The maximum absolute atomic E-state index is 11.6. The van der Waals surface area contributed by atoms with Crippen molar-refractivity contribution in [3.8, 4) is 0 Å². The van der Waals surface area contributed by atoms with E-state index in [-0.39, 0.29) is 6.03 Å². The molecule has 1 fully saturated rings. The van der Waals surface area contributed by atoms with Crippen LogP contribution in [0.2, 0.25) is 0 Å². The van der Waals surface area contributed by atoms with Crippen LogP contribution in [0.3, 0.4) is 0 Å². The third-order valence-corrected chi connectivity index (χ3v) is 2.28. The largest absolute Gasteiger partial charge is 0.326 e. The molecule has 0 N–H and O–H groups in total. The molecule has 13 heavy (non-hydrogen) atoms. The second-order valence-corrected chi connectivity index (χ2v) is 3.22. The van der Waals surface area contributed by atoms with E-state index in [2.05, 4.69) is 4.98 Å². The van der Waals surface area contributed by atoms with E-state index in [1.807, 2.05) is 11.6 Å². The van der Waals surface area contributed by atoms with Crippen molar-refractivity contribution in [2.24, 2.45) is 7.05 Å². The first kappa shape index (κ1) is 8.10. The van der Waals surface area contributed by atoms with Gasteiger partial charge >= 0.3 is 6.03 Å². The van der Waals surface area contributed by atoms with Gasteiger partial charge in [-0.15, -0.1) is 0 Å². The summed E-state index contributed by atoms with van der Waals surface area (Å²) < 4.78 is 1.84. The van der Waals surface area contributed by atoms with E-state index >= 15 is 0 Å². The molecular weight excluding hydrogens is 168 g/mol. The molecule has 1 saturated heterocycles. The number of amides is 2. The summed E-state index contributed by atoms with van der Waals surface area (Å²) in [6.07, 6.45) is 3.40. The lowest BCUT2D eigenvalue weighted by Gasteiger charge is -2.15. The first-order valence-electron chi connectivity index (χ1n) is 4.19. The van der Waals surface area contributed by atoms with E-state index in [0.717, 1.165) is 18.9 Å². The molecule has 0 bridgehead atoms. The van der Waals surface area contributed by atoms with Gasteiger partial charge in [0.05, 0.1) is 12.5 Å². The Balaban J connectivity index is 2.28. The Morgan fingerprint density at radius 2 is 2.15 bits per heavy atom. The lowest BCUT2D eigenvalue weighted by molar-refractivity contribution is 0.229. The Hall–Kier alpha value is -1.52. The number of likely N-dealkylation sites (N-methyl/N-ethyl adjacent to an activating group) is 1. The number of hydrogen-bond acceptors (Lipinski definition) is 2. The van der Waals surface area contributed by atoms with Crippen molar-refractivity contribution in [1.82, 2.24) is 14.5 Å². The fraction of sp³-hybridized carbons (Fsp3) is 0.500. The van der Waals surface area contributed by atoms with Gasteiger partial charge < -0.3 is 9.47 Å². The zero-order valence-electron chi connectivity index (χ0n) is 7.77. The molecule has 2 heterocycles. The highest BCUT2D eigenvalue weighted by Gasteiger charge is 2.27. The Kier molecular flexibility index (Phi) is 1.72. The Labute approximate surface area is 76.6 Å². The third-order valence-electron chi connectivity index (χ3n) is 2.28. The topological polar surface area (TPSA) is 41.4 Å². The van der Waals surface area contributed by atoms with Crippen molar-refractivity contribution in [2.45, 2.75) is 0 Å². The summed E-state index contributed by atoms with van der Waals surface area (Å²) in [5, 5.41) is 0. The average molecular weight is 180 g/mol. The van der Waals surface area contributed by atoms with Gasteiger partial charge in [-0.3, -0.25) is 4.90 Å². The van der Waals surface area contributed by atoms with Crippen molar-refractivity contribution in [2.75, 3.05) is 25.0 Å². The molecule has 1 aromatic heterocycles. The summed E-state index contributed by atoms with van der Waals surface area (Å²) in [5.74, 6) is 0.856. The molecule has 0 unspecified atom stereocenters. The molecule has 0 aromatic carbocycles. The highest BCUT2D eigenvalue weighted by Crippen LogP contribution is 2.17. The Morgan fingerprint density at radius 3 is 2.62 bits per heavy atom. The molecular formula is C8H12N4O. The Morgan fingerprint density at radius 1 is 1.38 bits per heavy atom. The van der Waals surface area contributed by atoms with Crippen LogP contribution in [0.4, 0.5) is 10.6 Å². The second-order valence-electron chi connectivity index (χ2n) is 3.22. The minimum atomic E-state index is 0.0450. The van der Waals surface area contributed by atoms with Crippen LogP contribution in [-0.4, -0.2) is 40.6 Å². The van der Waals surface area contributed by atoms with Crippen LogP contribution in [-0.2, 0) is 7.05 Å². The van der Waals surface area contributed by atoms with E-state index in [4.69, 9.17) is 0 Å². The minimum Gasteiger partial charge on any atom is -0.326 e. The van der Waals surface area contributed by atoms with E-state index < -0.39 is 0 Å². The van der Waals surface area contributed by atoms with E-state index in [1.165, 1.54) is 0 Å². The van der Waals surface area contributed by atoms with Gasteiger partial charge in [-0.05, 0) is 0 Å². The molecule has 0 saturated carbocycles. The third kappa shape index (κ3) is 1.16. The molecule has 0 spiro atoms. The molecule has 0 radical (unpaired) electrons. The van der Waals surface area contributed by atoms with E-state index in [0.29, 0.717) is 0 Å². The average Bonchev–Trinajstić information content (AvgIpc) is 2.62. The highest BCUT2D eigenvalue weighted by molar-refractivity contribution is 5.92. The summed E-state index contributed by atoms with van der Waals surface area (Å²) in [5.41, 5.74) is 0. The van der Waals surface area contributed by atoms with Crippen molar-refractivity contribution >= 4 is 11.8 Å². The number of imidazole rings is 1. The molecule has 2 amide bonds. The summed E-state index contributed by atoms with van der Waals surface area (Å²) in [6, 6.07) is 0.0450. The highest BCUT2D eigenvalue weighted by atomic mass is 16.2. The monoisotopic (exact) mass is 180 g/mol. The predicted molar refractivity (Wildman–Crippen MR) is 48.6 cm³/mol. The van der Waals surface area contributed by atoms with Gasteiger partial charge in [0, 0.05) is 27.2 Å². The lowest BCUT2D eigenvalue weighted by Crippen LogP contribution is -2.30. The molecule has 1 aromatic rings. The van der Waals surface area contributed by atoms with Gasteiger partial charge in [0.1, 0.15) is 5.82 Å². The van der Waals surface area contributed by atoms with Crippen LogP contribution in [0.25, 0.3) is 0 Å². The minimum absolute atomic E-state index is 0.0450. The fourth-order valence-electron chi connectivity index (χ4n) is 1.47. The summed E-state index contributed by atoms with van der Waals surface area (Å²) >= 11 is 0. The van der Waals surface area contributed by atoms with E-state index in [9.17, 15) is 4.79 Å². The second kappa shape index (κ2) is 2.76. The predicted octanol–water partition coefficient (Wildman–Crippen LogP) is 0.292. The summed E-state index contributed by atoms with van der Waals surface area (Å²) in [6.45, 7) is 1.53. The van der Waals surface area contributed by atoms with Gasteiger partial charge in [-0.2, -0.15) is 0 Å². The van der Waals surface area contributed by atoms with Crippen molar-refractivity contribution in [3.05, 3.63) is 12.5 Å². The number of carbonyl (C=O) groups is 1. The van der Waals surface area contributed by atoms with Crippen LogP contribution < -0.4 is 4.90 Å². The first-order valence-corrected chi connectivity index (χ1v) is 4.19. The first-order chi connectivity index (χ1) is 6.20. The van der Waals surface area contributed by atoms with Gasteiger partial charge in [0.15, 0.2) is 0 Å². The van der Waals surface area contributed by atoms with Crippen LogP contribution >= 0.6 is 0 Å². The number of nitrogens with zero attached hydrogens (tertiary/aromatic N) is 4. The number of aromatic nitrogens is 2. The number of carbonyl (C=O) groups excluding carboxylic acids is 1. The van der Waals surface area contributed by atoms with Crippen LogP contribution in [0.15, 0.2) is 12.5 Å². The SMILES string of the molecule is CN1CCN(c2cncn2C)C1=O. The summed E-state index contributed by atoms with van der Waals surface area (Å²) in [7, 11) is 3.69. The number of aryl methyl sites for hydroxylation is 1. The number of rotatable bonds is 1. The standard InChI is InChI=1S/C8H12N4O/c1-10-3-4-12(8(10)13)7-5-9-6-11(7)2/h5-6H,3-4H2,1-2H3. The molecule has 1 aliphatic rings. The van der Waals surface area contributed by atoms with Crippen LogP contribution in [0, 0.1) is 0 Å². The molecule has 2 rings (SSSR count). The molecule has 70 valence electrons. The molecule has 1 aliphatic heterocycles. The normalized spacial score (nSPS) is 17.2. The fourth-order valence-corrected chi connectivity index (χ4v) is 1.47. The smallest absolute Gasteiger partial charge is 0.325 e. The Bertz CT molecular complexity index is 333. The van der Waals surface area contributed by atoms with Gasteiger partial charge in [0.25, 0.3) is 0 Å². The van der Waals surface area contributed by atoms with Crippen molar-refractivity contribution < 1.29 is 4.79 Å². The zero-order valence-corrected chi connectivity index (χ0v) is 7.77. The molecule has 5 nitrogen and oxygen atoms in total. The van der Waals surface area contributed by atoms with Gasteiger partial charge in [-0.25, -0.2) is 9.78 Å². The van der Waals surface area contributed by atoms with Crippen LogP contribution in [0.5, 0.6) is 0 Å².